The van der Waals surface area contributed by atoms with Gasteiger partial charge in [0.2, 0.25) is 11.7 Å². The second kappa shape index (κ2) is 7.03. The Balaban J connectivity index is 1.41. The molecule has 0 saturated heterocycles. The minimum Gasteiger partial charge on any atom is -0.381 e. The summed E-state index contributed by atoms with van der Waals surface area (Å²) in [6.07, 6.45) is 13.7. The van der Waals surface area contributed by atoms with E-state index in [1.807, 2.05) is 29.2 Å². The van der Waals surface area contributed by atoms with E-state index in [0.717, 1.165) is 42.3 Å². The first kappa shape index (κ1) is 17.4. The zero-order chi connectivity index (χ0) is 19.1. The Morgan fingerprint density at radius 2 is 1.93 bits per heavy atom. The molecule has 0 spiro atoms. The third-order valence-electron chi connectivity index (χ3n) is 5.39. The summed E-state index contributed by atoms with van der Waals surface area (Å²) in [6.45, 7) is 0. The van der Waals surface area contributed by atoms with Crippen molar-refractivity contribution in [3.05, 3.63) is 42.2 Å². The number of rotatable bonds is 4. The fourth-order valence-corrected chi connectivity index (χ4v) is 3.99. The van der Waals surface area contributed by atoms with E-state index in [4.69, 9.17) is 16.3 Å². The van der Waals surface area contributed by atoms with Gasteiger partial charge in [0.1, 0.15) is 5.15 Å². The number of anilines is 1. The van der Waals surface area contributed by atoms with Crippen molar-refractivity contribution < 1.29 is 4.74 Å². The van der Waals surface area contributed by atoms with Gasteiger partial charge in [-0.2, -0.15) is 0 Å². The molecule has 9 heteroatoms. The number of nitrogens with one attached hydrogen (secondary N) is 1. The molecular weight excluding hydrogens is 378 g/mol. The minimum atomic E-state index is 0.378. The molecule has 0 aliphatic heterocycles. The predicted octanol–water partition coefficient (Wildman–Crippen LogP) is 3.46. The van der Waals surface area contributed by atoms with Gasteiger partial charge in [0.15, 0.2) is 0 Å². The van der Waals surface area contributed by atoms with E-state index in [9.17, 15) is 0 Å². The topological polar surface area (TPSA) is 81.6 Å². The number of halogens is 1. The Hall–Kier alpha value is -2.71. The molecule has 0 aromatic carbocycles. The number of hydrogen-bond acceptors (Lipinski definition) is 6. The number of imidazole rings is 1. The molecule has 0 atom stereocenters. The lowest BCUT2D eigenvalue weighted by Gasteiger charge is -2.28. The van der Waals surface area contributed by atoms with Crippen LogP contribution in [0.4, 0.5) is 5.95 Å². The number of aromatic nitrogens is 6. The largest absolute Gasteiger partial charge is 0.381 e. The van der Waals surface area contributed by atoms with Crippen molar-refractivity contribution in [2.45, 2.75) is 37.8 Å². The van der Waals surface area contributed by atoms with E-state index < -0.39 is 0 Å². The van der Waals surface area contributed by atoms with E-state index in [1.165, 1.54) is 0 Å². The molecule has 5 rings (SSSR count). The smallest absolute Gasteiger partial charge is 0.241 e. The molecule has 8 nitrogen and oxygen atoms in total. The van der Waals surface area contributed by atoms with Gasteiger partial charge in [0.05, 0.1) is 24.0 Å². The van der Waals surface area contributed by atoms with Crippen molar-refractivity contribution in [2.24, 2.45) is 0 Å². The highest BCUT2D eigenvalue weighted by molar-refractivity contribution is 6.29. The summed E-state index contributed by atoms with van der Waals surface area (Å²) in [5.41, 5.74) is 2.83. The highest BCUT2D eigenvalue weighted by atomic mass is 35.5. The van der Waals surface area contributed by atoms with Gasteiger partial charge in [-0.3, -0.25) is 4.40 Å². The van der Waals surface area contributed by atoms with E-state index in [0.29, 0.717) is 29.0 Å². The zero-order valence-corrected chi connectivity index (χ0v) is 16.2. The number of nitrogens with zero attached hydrogens (tertiary/aromatic N) is 6. The Bertz CT molecular complexity index is 1130. The second-order valence-corrected chi connectivity index (χ2v) is 7.48. The third kappa shape index (κ3) is 3.08. The maximum atomic E-state index is 6.17. The van der Waals surface area contributed by atoms with Crippen LogP contribution >= 0.6 is 11.6 Å². The Labute approximate surface area is 166 Å². The van der Waals surface area contributed by atoms with Gasteiger partial charge in [-0.25, -0.2) is 19.5 Å². The maximum absolute atomic E-state index is 6.17. The SMILES string of the molecule is COC1CCC(Nc2ncc3c(-c4cnc5ncc(Cl)n5c4)ccn3n2)CC1. The van der Waals surface area contributed by atoms with E-state index in [2.05, 4.69) is 25.4 Å². The van der Waals surface area contributed by atoms with Crippen LogP contribution in [0.3, 0.4) is 0 Å². The van der Waals surface area contributed by atoms with Crippen LogP contribution in [0.15, 0.2) is 37.1 Å². The quantitative estimate of drug-likeness (QED) is 0.568. The summed E-state index contributed by atoms with van der Waals surface area (Å²) < 4.78 is 9.03. The van der Waals surface area contributed by atoms with Crippen LogP contribution in [0.25, 0.3) is 22.4 Å². The average Bonchev–Trinajstić information content (AvgIpc) is 3.32. The van der Waals surface area contributed by atoms with Crippen LogP contribution in [0.5, 0.6) is 0 Å². The van der Waals surface area contributed by atoms with Crippen molar-refractivity contribution in [1.29, 1.82) is 0 Å². The van der Waals surface area contributed by atoms with Crippen LogP contribution in [0.1, 0.15) is 25.7 Å². The fourth-order valence-electron chi connectivity index (χ4n) is 3.82. The molecule has 1 fully saturated rings. The van der Waals surface area contributed by atoms with Gasteiger partial charge < -0.3 is 10.1 Å². The maximum Gasteiger partial charge on any atom is 0.241 e. The number of ether oxygens (including phenoxy) is 1. The van der Waals surface area contributed by atoms with Crippen LogP contribution < -0.4 is 5.32 Å². The molecule has 4 aromatic rings. The lowest BCUT2D eigenvalue weighted by atomic mass is 9.93. The van der Waals surface area contributed by atoms with Crippen molar-refractivity contribution in [2.75, 3.05) is 12.4 Å². The molecule has 0 bridgehead atoms. The minimum absolute atomic E-state index is 0.378. The Kier molecular flexibility index (Phi) is 4.37. The van der Waals surface area contributed by atoms with Gasteiger partial charge in [0, 0.05) is 42.9 Å². The summed E-state index contributed by atoms with van der Waals surface area (Å²) in [6, 6.07) is 2.39. The van der Waals surface area contributed by atoms with E-state index in [-0.39, 0.29) is 0 Å². The molecule has 0 amide bonds. The molecule has 4 heterocycles. The predicted molar refractivity (Wildman–Crippen MR) is 107 cm³/mol. The first-order valence-electron chi connectivity index (χ1n) is 9.34. The van der Waals surface area contributed by atoms with Crippen molar-refractivity contribution in [3.63, 3.8) is 0 Å². The van der Waals surface area contributed by atoms with Crippen molar-refractivity contribution in [1.82, 2.24) is 29.0 Å². The lowest BCUT2D eigenvalue weighted by Crippen LogP contribution is -2.30. The fraction of sp³-hybridized carbons (Fsp3) is 0.368. The van der Waals surface area contributed by atoms with E-state index >= 15 is 0 Å². The molecule has 28 heavy (non-hydrogen) atoms. The van der Waals surface area contributed by atoms with Crippen LogP contribution in [0.2, 0.25) is 5.15 Å². The van der Waals surface area contributed by atoms with Gasteiger partial charge in [-0.15, -0.1) is 5.10 Å². The Morgan fingerprint density at radius 3 is 2.75 bits per heavy atom. The van der Waals surface area contributed by atoms with Crippen LogP contribution in [-0.4, -0.2) is 48.2 Å². The summed E-state index contributed by atoms with van der Waals surface area (Å²) in [5.74, 6) is 1.21. The number of fused-ring (bicyclic) bond motifs is 2. The zero-order valence-electron chi connectivity index (χ0n) is 15.4. The van der Waals surface area contributed by atoms with E-state index in [1.54, 1.807) is 23.9 Å². The second-order valence-electron chi connectivity index (χ2n) is 7.09. The van der Waals surface area contributed by atoms with Crippen molar-refractivity contribution in [3.8, 4) is 11.1 Å². The summed E-state index contributed by atoms with van der Waals surface area (Å²) in [7, 11) is 1.78. The molecule has 1 aliphatic rings. The molecular formula is C19H20ClN7O. The molecule has 1 saturated carbocycles. The first-order valence-corrected chi connectivity index (χ1v) is 9.72. The molecule has 144 valence electrons. The monoisotopic (exact) mass is 397 g/mol. The summed E-state index contributed by atoms with van der Waals surface area (Å²) in [4.78, 5) is 13.1. The number of hydrogen-bond donors (Lipinski definition) is 1. The summed E-state index contributed by atoms with van der Waals surface area (Å²) in [5, 5.41) is 8.60. The first-order chi connectivity index (χ1) is 13.7. The third-order valence-corrected chi connectivity index (χ3v) is 5.67. The van der Waals surface area contributed by atoms with Crippen LogP contribution in [-0.2, 0) is 4.74 Å². The van der Waals surface area contributed by atoms with Gasteiger partial charge in [-0.05, 0) is 31.7 Å². The van der Waals surface area contributed by atoms with Gasteiger partial charge >= 0.3 is 0 Å². The molecule has 4 aromatic heterocycles. The molecule has 1 aliphatic carbocycles. The van der Waals surface area contributed by atoms with Crippen molar-refractivity contribution >= 4 is 28.8 Å². The van der Waals surface area contributed by atoms with Gasteiger partial charge in [0.25, 0.3) is 0 Å². The Morgan fingerprint density at radius 1 is 1.11 bits per heavy atom. The normalized spacial score (nSPS) is 20.1. The molecule has 0 radical (unpaired) electrons. The molecule has 1 N–H and O–H groups in total. The van der Waals surface area contributed by atoms with Gasteiger partial charge in [-0.1, -0.05) is 11.6 Å². The summed E-state index contributed by atoms with van der Waals surface area (Å²) >= 11 is 6.17. The van der Waals surface area contributed by atoms with Crippen LogP contribution in [0, 0.1) is 0 Å². The standard InChI is InChI=1S/C19H20ClN7O/c1-28-14-4-2-13(3-5-14)24-18-21-9-16-15(6-7-27(16)25-18)12-8-22-19-23-10-17(20)26(19)11-12/h6-11,13-14H,2-5H2,1H3,(H,24,25). The highest BCUT2D eigenvalue weighted by Gasteiger charge is 2.21. The lowest BCUT2D eigenvalue weighted by molar-refractivity contribution is 0.0681. The number of methoxy groups -OCH3 is 1. The molecule has 0 unspecified atom stereocenters. The average molecular weight is 398 g/mol. The highest BCUT2D eigenvalue weighted by Crippen LogP contribution is 2.27.